The molecule has 4 rings (SSSR count). The highest BCUT2D eigenvalue weighted by Crippen LogP contribution is 2.32. The maximum atomic E-state index is 5.83. The number of rotatable bonds is 2. The second-order valence-corrected chi connectivity index (χ2v) is 8.55. The molecule has 2 aromatic heterocycles. The molecular formula is C20H21N3OS. The Morgan fingerprint density at radius 3 is 2.60 bits per heavy atom. The minimum atomic E-state index is 0.0865. The number of nitrogens with zero attached hydrogens (tertiary/aromatic N) is 2. The Morgan fingerprint density at radius 2 is 1.84 bits per heavy atom. The van der Waals surface area contributed by atoms with Gasteiger partial charge in [0.15, 0.2) is 10.7 Å². The molecule has 4 nitrogen and oxygen atoms in total. The van der Waals surface area contributed by atoms with Crippen LogP contribution in [-0.2, 0) is 5.41 Å². The number of oxazole rings is 1. The smallest absolute Gasteiger partial charge is 0.302 e. The number of aromatic nitrogens is 2. The lowest BCUT2D eigenvalue weighted by molar-refractivity contribution is 0.590. The van der Waals surface area contributed by atoms with Crippen LogP contribution in [0.5, 0.6) is 0 Å². The summed E-state index contributed by atoms with van der Waals surface area (Å²) in [6.45, 7) is 10.8. The fourth-order valence-corrected chi connectivity index (χ4v) is 3.99. The summed E-state index contributed by atoms with van der Waals surface area (Å²) >= 11 is 1.62. The number of anilines is 2. The highest BCUT2D eigenvalue weighted by molar-refractivity contribution is 7.22. The summed E-state index contributed by atoms with van der Waals surface area (Å²) in [5.74, 6) is 0. The molecule has 0 atom stereocenters. The van der Waals surface area contributed by atoms with E-state index in [-0.39, 0.29) is 5.41 Å². The molecule has 0 fully saturated rings. The molecule has 0 amide bonds. The normalized spacial score (nSPS) is 12.2. The third-order valence-corrected chi connectivity index (χ3v) is 5.22. The third kappa shape index (κ3) is 3.00. The number of benzene rings is 2. The number of nitrogens with one attached hydrogen (secondary N) is 1. The minimum absolute atomic E-state index is 0.0865. The third-order valence-electron chi connectivity index (χ3n) is 4.30. The first-order valence-electron chi connectivity index (χ1n) is 8.35. The van der Waals surface area contributed by atoms with Crippen LogP contribution in [0.25, 0.3) is 21.3 Å². The van der Waals surface area contributed by atoms with Crippen LogP contribution >= 0.6 is 11.3 Å². The molecule has 0 aliphatic heterocycles. The van der Waals surface area contributed by atoms with Gasteiger partial charge in [-0.3, -0.25) is 5.32 Å². The van der Waals surface area contributed by atoms with E-state index in [1.54, 1.807) is 11.3 Å². The van der Waals surface area contributed by atoms with Crippen LogP contribution in [0.1, 0.15) is 37.5 Å². The molecule has 0 saturated carbocycles. The van der Waals surface area contributed by atoms with Crippen LogP contribution in [0.3, 0.4) is 0 Å². The lowest BCUT2D eigenvalue weighted by atomic mass is 9.87. The van der Waals surface area contributed by atoms with Crippen molar-refractivity contribution in [2.75, 3.05) is 5.32 Å². The van der Waals surface area contributed by atoms with E-state index in [0.717, 1.165) is 21.7 Å². The first kappa shape index (κ1) is 16.1. The van der Waals surface area contributed by atoms with Crippen LogP contribution in [0.2, 0.25) is 0 Å². The summed E-state index contributed by atoms with van der Waals surface area (Å²) < 4.78 is 7.01. The molecule has 5 heteroatoms. The summed E-state index contributed by atoms with van der Waals surface area (Å²) in [7, 11) is 0. The van der Waals surface area contributed by atoms with Crippen LogP contribution in [0.15, 0.2) is 34.7 Å². The highest BCUT2D eigenvalue weighted by atomic mass is 32.1. The van der Waals surface area contributed by atoms with Gasteiger partial charge < -0.3 is 4.42 Å². The van der Waals surface area contributed by atoms with Gasteiger partial charge in [0.2, 0.25) is 0 Å². The molecular weight excluding hydrogens is 330 g/mol. The number of aryl methyl sites for hydroxylation is 2. The minimum Gasteiger partial charge on any atom is -0.423 e. The highest BCUT2D eigenvalue weighted by Gasteiger charge is 2.16. The van der Waals surface area contributed by atoms with Crippen molar-refractivity contribution in [2.45, 2.75) is 40.0 Å². The van der Waals surface area contributed by atoms with Gasteiger partial charge in [0, 0.05) is 0 Å². The van der Waals surface area contributed by atoms with Crippen molar-refractivity contribution in [1.82, 2.24) is 9.97 Å². The molecule has 25 heavy (non-hydrogen) atoms. The predicted molar refractivity (Wildman–Crippen MR) is 105 cm³/mol. The Bertz CT molecular complexity index is 1090. The van der Waals surface area contributed by atoms with E-state index in [2.05, 4.69) is 74.2 Å². The summed E-state index contributed by atoms with van der Waals surface area (Å²) in [5, 5.41) is 4.01. The summed E-state index contributed by atoms with van der Waals surface area (Å²) in [4.78, 5) is 9.26. The molecule has 0 radical (unpaired) electrons. The fourth-order valence-electron chi connectivity index (χ4n) is 2.96. The van der Waals surface area contributed by atoms with E-state index in [1.807, 2.05) is 6.07 Å². The standard InChI is InChI=1S/C20H21N3OS/c1-11-8-12(2)17-16(9-11)25-19(22-17)23-18-21-14-10-13(20(3,4)5)6-7-15(14)24-18/h6-10H,1-5H3,(H,21,22,23). The molecule has 0 aliphatic carbocycles. The van der Waals surface area contributed by atoms with Crippen molar-refractivity contribution < 1.29 is 4.42 Å². The van der Waals surface area contributed by atoms with Crippen LogP contribution < -0.4 is 5.32 Å². The Hall–Kier alpha value is -2.40. The predicted octanol–water partition coefficient (Wildman–Crippen LogP) is 6.10. The molecule has 0 aliphatic rings. The Kier molecular flexibility index (Phi) is 3.58. The van der Waals surface area contributed by atoms with Crippen molar-refractivity contribution in [3.63, 3.8) is 0 Å². The van der Waals surface area contributed by atoms with Gasteiger partial charge in [0.1, 0.15) is 5.52 Å². The number of hydrogen-bond acceptors (Lipinski definition) is 5. The maximum absolute atomic E-state index is 5.83. The van der Waals surface area contributed by atoms with Crippen molar-refractivity contribution in [3.05, 3.63) is 47.0 Å². The fraction of sp³-hybridized carbons (Fsp3) is 0.300. The summed E-state index contributed by atoms with van der Waals surface area (Å²) in [5.41, 5.74) is 6.44. The molecule has 0 spiro atoms. The quantitative estimate of drug-likeness (QED) is 0.474. The molecule has 128 valence electrons. The molecule has 0 unspecified atom stereocenters. The average Bonchev–Trinajstić information content (AvgIpc) is 3.08. The monoisotopic (exact) mass is 351 g/mol. The average molecular weight is 351 g/mol. The number of fused-ring (bicyclic) bond motifs is 2. The number of thiazole rings is 1. The van der Waals surface area contributed by atoms with E-state index in [4.69, 9.17) is 4.42 Å². The Balaban J connectivity index is 1.70. The maximum Gasteiger partial charge on any atom is 0.302 e. The van der Waals surface area contributed by atoms with Crippen LogP contribution in [0.4, 0.5) is 11.1 Å². The zero-order chi connectivity index (χ0) is 17.8. The van der Waals surface area contributed by atoms with E-state index in [9.17, 15) is 0 Å². The van der Waals surface area contributed by atoms with Gasteiger partial charge in [0.05, 0.1) is 10.2 Å². The van der Waals surface area contributed by atoms with Crippen LogP contribution in [-0.4, -0.2) is 9.97 Å². The summed E-state index contributed by atoms with van der Waals surface area (Å²) in [6, 6.07) is 11.0. The Morgan fingerprint density at radius 1 is 1.04 bits per heavy atom. The first-order valence-corrected chi connectivity index (χ1v) is 9.17. The SMILES string of the molecule is Cc1cc(C)c2nc(Nc3nc4cc(C(C)(C)C)ccc4o3)sc2c1. The molecule has 1 N–H and O–H groups in total. The van der Waals surface area contributed by atoms with E-state index in [0.29, 0.717) is 6.01 Å². The van der Waals surface area contributed by atoms with Gasteiger partial charge in [-0.15, -0.1) is 0 Å². The van der Waals surface area contributed by atoms with Crippen molar-refractivity contribution in [3.8, 4) is 0 Å². The summed E-state index contributed by atoms with van der Waals surface area (Å²) in [6.07, 6.45) is 0. The largest absolute Gasteiger partial charge is 0.423 e. The van der Waals surface area contributed by atoms with E-state index in [1.165, 1.54) is 21.4 Å². The lowest BCUT2D eigenvalue weighted by Gasteiger charge is -2.18. The van der Waals surface area contributed by atoms with Crippen molar-refractivity contribution >= 4 is 43.8 Å². The van der Waals surface area contributed by atoms with Gasteiger partial charge >= 0.3 is 6.01 Å². The molecule has 2 aromatic carbocycles. The van der Waals surface area contributed by atoms with E-state index >= 15 is 0 Å². The van der Waals surface area contributed by atoms with Crippen molar-refractivity contribution in [2.24, 2.45) is 0 Å². The van der Waals surface area contributed by atoms with Crippen LogP contribution in [0, 0.1) is 13.8 Å². The van der Waals surface area contributed by atoms with Gasteiger partial charge in [-0.25, -0.2) is 4.98 Å². The zero-order valence-electron chi connectivity index (χ0n) is 15.1. The molecule has 2 heterocycles. The van der Waals surface area contributed by atoms with Gasteiger partial charge in [-0.1, -0.05) is 44.2 Å². The topological polar surface area (TPSA) is 51.0 Å². The zero-order valence-corrected chi connectivity index (χ0v) is 15.9. The molecule has 4 aromatic rings. The van der Waals surface area contributed by atoms with Crippen molar-refractivity contribution in [1.29, 1.82) is 0 Å². The molecule has 0 saturated heterocycles. The number of hydrogen-bond donors (Lipinski definition) is 1. The molecule has 0 bridgehead atoms. The first-order chi connectivity index (χ1) is 11.8. The second kappa shape index (κ2) is 5.56. The second-order valence-electron chi connectivity index (χ2n) is 7.52. The van der Waals surface area contributed by atoms with Gasteiger partial charge in [0.25, 0.3) is 0 Å². The Labute approximate surface area is 150 Å². The van der Waals surface area contributed by atoms with E-state index < -0.39 is 0 Å². The lowest BCUT2D eigenvalue weighted by Crippen LogP contribution is -2.10. The van der Waals surface area contributed by atoms with Gasteiger partial charge in [-0.2, -0.15) is 4.98 Å². The van der Waals surface area contributed by atoms with Gasteiger partial charge in [-0.05, 0) is 54.2 Å².